The van der Waals surface area contributed by atoms with E-state index in [9.17, 15) is 9.18 Å². The van der Waals surface area contributed by atoms with Crippen LogP contribution in [0.3, 0.4) is 0 Å². The number of carbonyl (C=O) groups is 1. The number of nitrogens with zero attached hydrogens (tertiary/aromatic N) is 1. The highest BCUT2D eigenvalue weighted by atomic mass is 19.1. The van der Waals surface area contributed by atoms with Crippen molar-refractivity contribution in [3.8, 4) is 0 Å². The van der Waals surface area contributed by atoms with Crippen LogP contribution in [-0.4, -0.2) is 16.9 Å². The molecule has 1 aliphatic rings. The molecule has 1 heterocycles. The van der Waals surface area contributed by atoms with E-state index in [0.717, 1.165) is 12.8 Å². The number of amides is 1. The number of hydrogen-bond acceptors (Lipinski definition) is 3. The average Bonchev–Trinajstić information content (AvgIpc) is 3.07. The van der Waals surface area contributed by atoms with Gasteiger partial charge in [0.15, 0.2) is 0 Å². The highest BCUT2D eigenvalue weighted by Gasteiger charge is 2.18. The largest absolute Gasteiger partial charge is 0.380 e. The molecule has 1 aliphatic carbocycles. The van der Waals surface area contributed by atoms with Crippen LogP contribution in [0.1, 0.15) is 41.6 Å². The summed E-state index contributed by atoms with van der Waals surface area (Å²) < 4.78 is 13.6. The zero-order chi connectivity index (χ0) is 16.1. The van der Waals surface area contributed by atoms with Gasteiger partial charge in [0.25, 0.3) is 5.91 Å². The molecule has 0 aliphatic heterocycles. The predicted octanol–water partition coefficient (Wildman–Crippen LogP) is 3.51. The second kappa shape index (κ2) is 7.22. The Morgan fingerprint density at radius 2 is 2.00 bits per heavy atom. The van der Waals surface area contributed by atoms with Gasteiger partial charge in [-0.25, -0.2) is 4.39 Å². The van der Waals surface area contributed by atoms with Gasteiger partial charge in [-0.3, -0.25) is 9.78 Å². The molecule has 23 heavy (non-hydrogen) atoms. The van der Waals surface area contributed by atoms with Gasteiger partial charge < -0.3 is 10.6 Å². The highest BCUT2D eigenvalue weighted by Crippen LogP contribution is 2.18. The number of pyridine rings is 1. The van der Waals surface area contributed by atoms with Crippen LogP contribution in [-0.2, 0) is 6.54 Å². The second-order valence-electron chi connectivity index (χ2n) is 5.86. The number of benzene rings is 1. The molecule has 1 aromatic carbocycles. The Morgan fingerprint density at radius 3 is 2.78 bits per heavy atom. The molecule has 1 aromatic heterocycles. The summed E-state index contributed by atoms with van der Waals surface area (Å²) in [6, 6.07) is 8.64. The van der Waals surface area contributed by atoms with Gasteiger partial charge in [0.2, 0.25) is 0 Å². The molecule has 0 unspecified atom stereocenters. The number of aromatic nitrogens is 1. The minimum atomic E-state index is -0.247. The third-order valence-electron chi connectivity index (χ3n) is 4.13. The lowest BCUT2D eigenvalue weighted by molar-refractivity contribution is 0.0937. The molecule has 1 saturated carbocycles. The molecule has 0 radical (unpaired) electrons. The van der Waals surface area contributed by atoms with Gasteiger partial charge in [-0.05, 0) is 25.0 Å². The van der Waals surface area contributed by atoms with Crippen molar-refractivity contribution < 1.29 is 9.18 Å². The first kappa shape index (κ1) is 15.5. The zero-order valence-corrected chi connectivity index (χ0v) is 12.9. The molecular formula is C18H20FN3O. The molecule has 4 nitrogen and oxygen atoms in total. The minimum absolute atomic E-state index is 0.0982. The highest BCUT2D eigenvalue weighted by molar-refractivity contribution is 5.94. The summed E-state index contributed by atoms with van der Waals surface area (Å²) in [5.74, 6) is -0.345. The smallest absolute Gasteiger partial charge is 0.253 e. The summed E-state index contributed by atoms with van der Waals surface area (Å²) in [5.41, 5.74) is 1.80. The van der Waals surface area contributed by atoms with E-state index in [1.165, 1.54) is 18.9 Å². The average molecular weight is 313 g/mol. The fourth-order valence-electron chi connectivity index (χ4n) is 2.84. The first-order valence-corrected chi connectivity index (χ1v) is 7.95. The van der Waals surface area contributed by atoms with E-state index >= 15 is 0 Å². The van der Waals surface area contributed by atoms with E-state index in [1.807, 2.05) is 0 Å². The molecule has 1 fully saturated rings. The van der Waals surface area contributed by atoms with E-state index < -0.39 is 0 Å². The van der Waals surface area contributed by atoms with Gasteiger partial charge in [-0.2, -0.15) is 0 Å². The summed E-state index contributed by atoms with van der Waals surface area (Å²) in [4.78, 5) is 16.3. The van der Waals surface area contributed by atoms with Gasteiger partial charge >= 0.3 is 0 Å². The normalized spacial score (nSPS) is 14.7. The SMILES string of the molecule is O=C(NC1CCCC1)c1cncc(NCc2ccccc2F)c1. The van der Waals surface area contributed by atoms with E-state index in [2.05, 4.69) is 15.6 Å². The third kappa shape index (κ3) is 4.06. The number of anilines is 1. The molecule has 5 heteroatoms. The topological polar surface area (TPSA) is 54.0 Å². The predicted molar refractivity (Wildman–Crippen MR) is 87.7 cm³/mol. The molecule has 1 amide bonds. The Kier molecular flexibility index (Phi) is 4.86. The third-order valence-corrected chi connectivity index (χ3v) is 4.13. The first-order valence-electron chi connectivity index (χ1n) is 7.95. The quantitative estimate of drug-likeness (QED) is 0.888. The molecule has 0 bridgehead atoms. The van der Waals surface area contributed by atoms with Crippen LogP contribution < -0.4 is 10.6 Å². The van der Waals surface area contributed by atoms with Gasteiger partial charge in [0.1, 0.15) is 5.82 Å². The Morgan fingerprint density at radius 1 is 1.22 bits per heavy atom. The number of hydrogen-bond donors (Lipinski definition) is 2. The lowest BCUT2D eigenvalue weighted by Crippen LogP contribution is -2.32. The van der Waals surface area contributed by atoms with Crippen LogP contribution in [0.5, 0.6) is 0 Å². The number of nitrogens with one attached hydrogen (secondary N) is 2. The maximum atomic E-state index is 13.6. The Bertz CT molecular complexity index is 683. The van der Waals surface area contributed by atoms with Crippen molar-refractivity contribution in [1.82, 2.24) is 10.3 Å². The number of rotatable bonds is 5. The summed E-state index contributed by atoms with van der Waals surface area (Å²) in [7, 11) is 0. The maximum absolute atomic E-state index is 13.6. The molecule has 2 aromatic rings. The van der Waals surface area contributed by atoms with Gasteiger partial charge in [0, 0.05) is 30.5 Å². The van der Waals surface area contributed by atoms with Gasteiger partial charge in [-0.1, -0.05) is 31.0 Å². The molecule has 120 valence electrons. The molecule has 0 atom stereocenters. The van der Waals surface area contributed by atoms with Crippen molar-refractivity contribution >= 4 is 11.6 Å². The zero-order valence-electron chi connectivity index (χ0n) is 12.9. The van der Waals surface area contributed by atoms with E-state index in [1.54, 1.807) is 36.7 Å². The van der Waals surface area contributed by atoms with Crippen LogP contribution in [0.15, 0.2) is 42.7 Å². The van der Waals surface area contributed by atoms with Crippen LogP contribution >= 0.6 is 0 Å². The van der Waals surface area contributed by atoms with Crippen LogP contribution in [0.25, 0.3) is 0 Å². The van der Waals surface area contributed by atoms with Gasteiger partial charge in [0.05, 0.1) is 11.3 Å². The molecule has 0 saturated heterocycles. The molecule has 0 spiro atoms. The van der Waals surface area contributed by atoms with Crippen LogP contribution in [0.4, 0.5) is 10.1 Å². The van der Waals surface area contributed by atoms with Crippen molar-refractivity contribution in [3.63, 3.8) is 0 Å². The monoisotopic (exact) mass is 313 g/mol. The lowest BCUT2D eigenvalue weighted by Gasteiger charge is -2.12. The lowest BCUT2D eigenvalue weighted by atomic mass is 10.2. The van der Waals surface area contributed by atoms with E-state index in [0.29, 0.717) is 23.4 Å². The summed E-state index contributed by atoms with van der Waals surface area (Å²) >= 11 is 0. The first-order chi connectivity index (χ1) is 11.2. The number of carbonyl (C=O) groups excluding carboxylic acids is 1. The van der Waals surface area contributed by atoms with Crippen molar-refractivity contribution in [3.05, 3.63) is 59.7 Å². The fourth-order valence-corrected chi connectivity index (χ4v) is 2.84. The van der Waals surface area contributed by atoms with Crippen molar-refractivity contribution in [2.75, 3.05) is 5.32 Å². The van der Waals surface area contributed by atoms with Crippen LogP contribution in [0.2, 0.25) is 0 Å². The molecule has 3 rings (SSSR count). The number of halogens is 1. The second-order valence-corrected chi connectivity index (χ2v) is 5.86. The summed E-state index contributed by atoms with van der Waals surface area (Å²) in [6.45, 7) is 0.349. The van der Waals surface area contributed by atoms with E-state index in [-0.39, 0.29) is 17.8 Å². The Hall–Kier alpha value is -2.43. The van der Waals surface area contributed by atoms with Crippen molar-refractivity contribution in [1.29, 1.82) is 0 Å². The molecular weight excluding hydrogens is 293 g/mol. The van der Waals surface area contributed by atoms with Crippen molar-refractivity contribution in [2.45, 2.75) is 38.3 Å². The summed E-state index contributed by atoms with van der Waals surface area (Å²) in [5, 5.41) is 6.15. The van der Waals surface area contributed by atoms with E-state index in [4.69, 9.17) is 0 Å². The standard InChI is InChI=1S/C18H20FN3O/c19-17-8-4-1-5-13(17)11-21-16-9-14(10-20-12-16)18(23)22-15-6-2-3-7-15/h1,4-5,8-10,12,15,21H,2-3,6-7,11H2,(H,22,23). The fraction of sp³-hybridized carbons (Fsp3) is 0.333. The minimum Gasteiger partial charge on any atom is -0.380 e. The maximum Gasteiger partial charge on any atom is 0.253 e. The summed E-state index contributed by atoms with van der Waals surface area (Å²) in [6.07, 6.45) is 7.63. The Balaban J connectivity index is 1.62. The van der Waals surface area contributed by atoms with Crippen molar-refractivity contribution in [2.24, 2.45) is 0 Å². The Labute approximate surface area is 135 Å². The molecule has 2 N–H and O–H groups in total. The van der Waals surface area contributed by atoms with Crippen LogP contribution in [0, 0.1) is 5.82 Å². The van der Waals surface area contributed by atoms with Gasteiger partial charge in [-0.15, -0.1) is 0 Å².